The molecule has 1 N–H and O–H groups in total. The Balaban J connectivity index is 2.17. The summed E-state index contributed by atoms with van der Waals surface area (Å²) in [4.78, 5) is 11.4. The molecule has 112 valence electrons. The number of amides is 1. The van der Waals surface area contributed by atoms with Gasteiger partial charge in [0.1, 0.15) is 11.4 Å². The van der Waals surface area contributed by atoms with E-state index in [-0.39, 0.29) is 6.09 Å². The van der Waals surface area contributed by atoms with Crippen molar-refractivity contribution in [2.45, 2.75) is 45.6 Å². The van der Waals surface area contributed by atoms with Crippen molar-refractivity contribution in [3.63, 3.8) is 0 Å². The number of unbranched alkanes of at least 4 members (excludes halogenated alkanes) is 1. The van der Waals surface area contributed by atoms with E-state index in [1.54, 1.807) is 7.11 Å². The lowest BCUT2D eigenvalue weighted by molar-refractivity contribution is 0.0527. The smallest absolute Gasteiger partial charge is 0.407 e. The lowest BCUT2D eigenvalue weighted by Crippen LogP contribution is -2.33. The van der Waals surface area contributed by atoms with E-state index in [0.29, 0.717) is 6.54 Å². The normalized spacial score (nSPS) is 11.0. The summed E-state index contributed by atoms with van der Waals surface area (Å²) in [6.45, 7) is 6.21. The van der Waals surface area contributed by atoms with Crippen LogP contribution in [-0.4, -0.2) is 25.3 Å². The predicted octanol–water partition coefficient (Wildman–Crippen LogP) is 3.54. The Bertz CT molecular complexity index is 424. The van der Waals surface area contributed by atoms with Crippen molar-refractivity contribution < 1.29 is 14.3 Å². The third kappa shape index (κ3) is 7.02. The molecular weight excluding hydrogens is 254 g/mol. The number of methoxy groups -OCH3 is 1. The Labute approximate surface area is 121 Å². The predicted molar refractivity (Wildman–Crippen MR) is 80.2 cm³/mol. The molecule has 0 fully saturated rings. The van der Waals surface area contributed by atoms with Crippen molar-refractivity contribution in [1.29, 1.82) is 0 Å². The van der Waals surface area contributed by atoms with Crippen LogP contribution in [0, 0.1) is 0 Å². The molecule has 0 heterocycles. The van der Waals surface area contributed by atoms with E-state index in [1.807, 2.05) is 39.0 Å². The van der Waals surface area contributed by atoms with Crippen LogP contribution in [0.25, 0.3) is 0 Å². The summed E-state index contributed by atoms with van der Waals surface area (Å²) in [5, 5.41) is 2.76. The maximum atomic E-state index is 11.4. The van der Waals surface area contributed by atoms with Gasteiger partial charge in [-0.05, 0) is 57.7 Å². The molecule has 0 aromatic heterocycles. The number of rotatable bonds is 6. The molecule has 0 saturated heterocycles. The molecule has 4 nitrogen and oxygen atoms in total. The van der Waals surface area contributed by atoms with Gasteiger partial charge >= 0.3 is 6.09 Å². The van der Waals surface area contributed by atoms with Crippen molar-refractivity contribution in [1.82, 2.24) is 5.32 Å². The van der Waals surface area contributed by atoms with Crippen molar-refractivity contribution >= 4 is 6.09 Å². The van der Waals surface area contributed by atoms with E-state index in [4.69, 9.17) is 9.47 Å². The lowest BCUT2D eigenvalue weighted by Gasteiger charge is -2.19. The van der Waals surface area contributed by atoms with Crippen LogP contribution in [0.5, 0.6) is 5.75 Å². The molecule has 0 radical (unpaired) electrons. The first kappa shape index (κ1) is 16.3. The molecule has 0 aliphatic rings. The summed E-state index contributed by atoms with van der Waals surface area (Å²) in [6.07, 6.45) is 2.57. The van der Waals surface area contributed by atoms with E-state index in [9.17, 15) is 4.79 Å². The monoisotopic (exact) mass is 279 g/mol. The summed E-state index contributed by atoms with van der Waals surface area (Å²) in [5.74, 6) is 0.884. The van der Waals surface area contributed by atoms with E-state index in [1.165, 1.54) is 5.56 Å². The minimum absolute atomic E-state index is 0.348. The molecule has 1 rings (SSSR count). The average Bonchev–Trinajstić information content (AvgIpc) is 2.36. The van der Waals surface area contributed by atoms with E-state index >= 15 is 0 Å². The highest BCUT2D eigenvalue weighted by Crippen LogP contribution is 2.14. The molecule has 20 heavy (non-hydrogen) atoms. The number of alkyl carbamates (subject to hydrolysis) is 1. The van der Waals surface area contributed by atoms with Crippen LogP contribution in [0.2, 0.25) is 0 Å². The van der Waals surface area contributed by atoms with Crippen LogP contribution in [0.15, 0.2) is 24.3 Å². The van der Waals surface area contributed by atoms with E-state index < -0.39 is 5.60 Å². The van der Waals surface area contributed by atoms with Gasteiger partial charge in [-0.25, -0.2) is 4.79 Å². The molecule has 1 amide bonds. The van der Waals surface area contributed by atoms with Gasteiger partial charge in [0.25, 0.3) is 0 Å². The number of carbonyl (C=O) groups is 1. The van der Waals surface area contributed by atoms with Crippen molar-refractivity contribution in [2.24, 2.45) is 0 Å². The van der Waals surface area contributed by atoms with Gasteiger partial charge in [0.05, 0.1) is 7.11 Å². The summed E-state index contributed by atoms with van der Waals surface area (Å²) >= 11 is 0. The minimum atomic E-state index is -0.440. The average molecular weight is 279 g/mol. The SMILES string of the molecule is COc1cccc(CCCCNC(=O)OC(C)(C)C)c1. The first-order chi connectivity index (χ1) is 9.40. The fourth-order valence-corrected chi connectivity index (χ4v) is 1.79. The Hall–Kier alpha value is -1.71. The second-order valence-electron chi connectivity index (χ2n) is 5.74. The zero-order chi connectivity index (χ0) is 15.0. The van der Waals surface area contributed by atoms with Crippen molar-refractivity contribution in [2.75, 3.05) is 13.7 Å². The highest BCUT2D eigenvalue weighted by atomic mass is 16.6. The van der Waals surface area contributed by atoms with Gasteiger partial charge in [0.2, 0.25) is 0 Å². The fraction of sp³-hybridized carbons (Fsp3) is 0.562. The Morgan fingerprint density at radius 1 is 1.25 bits per heavy atom. The van der Waals surface area contributed by atoms with Gasteiger partial charge in [-0.2, -0.15) is 0 Å². The standard InChI is InChI=1S/C16H25NO3/c1-16(2,3)20-15(18)17-11-6-5-8-13-9-7-10-14(12-13)19-4/h7,9-10,12H,5-6,8,11H2,1-4H3,(H,17,18). The van der Waals surface area contributed by atoms with Crippen LogP contribution < -0.4 is 10.1 Å². The molecule has 0 aliphatic carbocycles. The molecule has 0 unspecified atom stereocenters. The quantitative estimate of drug-likeness (QED) is 0.810. The van der Waals surface area contributed by atoms with Gasteiger partial charge < -0.3 is 14.8 Å². The molecule has 4 heteroatoms. The molecule has 1 aromatic carbocycles. The summed E-state index contributed by atoms with van der Waals surface area (Å²) in [6, 6.07) is 8.06. The fourth-order valence-electron chi connectivity index (χ4n) is 1.79. The topological polar surface area (TPSA) is 47.6 Å². The number of nitrogens with one attached hydrogen (secondary N) is 1. The molecule has 0 saturated carbocycles. The minimum Gasteiger partial charge on any atom is -0.497 e. The highest BCUT2D eigenvalue weighted by Gasteiger charge is 2.15. The van der Waals surface area contributed by atoms with Crippen molar-refractivity contribution in [3.05, 3.63) is 29.8 Å². The number of hydrogen-bond donors (Lipinski definition) is 1. The molecule has 0 atom stereocenters. The number of hydrogen-bond acceptors (Lipinski definition) is 3. The van der Waals surface area contributed by atoms with Crippen LogP contribution in [0.4, 0.5) is 4.79 Å². The van der Waals surface area contributed by atoms with Gasteiger partial charge in [0.15, 0.2) is 0 Å². The van der Waals surface area contributed by atoms with Gasteiger partial charge in [0, 0.05) is 6.54 Å². The number of aryl methyl sites for hydroxylation is 1. The number of carbonyl (C=O) groups excluding carboxylic acids is 1. The first-order valence-corrected chi connectivity index (χ1v) is 7.00. The summed E-state index contributed by atoms with van der Waals surface area (Å²) in [7, 11) is 1.67. The molecule has 1 aromatic rings. The van der Waals surface area contributed by atoms with Gasteiger partial charge in [-0.15, -0.1) is 0 Å². The maximum absolute atomic E-state index is 11.4. The van der Waals surface area contributed by atoms with E-state index in [2.05, 4.69) is 11.4 Å². The molecule has 0 bridgehead atoms. The Kier molecular flexibility index (Phi) is 6.36. The van der Waals surface area contributed by atoms with Crippen LogP contribution in [0.3, 0.4) is 0 Å². The van der Waals surface area contributed by atoms with Crippen LogP contribution in [-0.2, 0) is 11.2 Å². The molecule has 0 spiro atoms. The summed E-state index contributed by atoms with van der Waals surface area (Å²) < 4.78 is 10.4. The van der Waals surface area contributed by atoms with Gasteiger partial charge in [-0.1, -0.05) is 12.1 Å². The Morgan fingerprint density at radius 3 is 2.65 bits per heavy atom. The highest BCUT2D eigenvalue weighted by molar-refractivity contribution is 5.67. The zero-order valence-electron chi connectivity index (χ0n) is 12.9. The maximum Gasteiger partial charge on any atom is 0.407 e. The van der Waals surface area contributed by atoms with E-state index in [0.717, 1.165) is 25.0 Å². The zero-order valence-corrected chi connectivity index (χ0v) is 12.9. The second kappa shape index (κ2) is 7.78. The van der Waals surface area contributed by atoms with Gasteiger partial charge in [-0.3, -0.25) is 0 Å². The number of ether oxygens (including phenoxy) is 2. The Morgan fingerprint density at radius 2 is 2.00 bits per heavy atom. The lowest BCUT2D eigenvalue weighted by atomic mass is 10.1. The van der Waals surface area contributed by atoms with Crippen LogP contribution in [0.1, 0.15) is 39.2 Å². The largest absolute Gasteiger partial charge is 0.497 e. The first-order valence-electron chi connectivity index (χ1n) is 7.00. The summed E-state index contributed by atoms with van der Waals surface area (Å²) in [5.41, 5.74) is 0.812. The molecular formula is C16H25NO3. The third-order valence-corrected chi connectivity index (χ3v) is 2.69. The third-order valence-electron chi connectivity index (χ3n) is 2.69. The second-order valence-corrected chi connectivity index (χ2v) is 5.74. The number of benzene rings is 1. The molecule has 0 aliphatic heterocycles. The van der Waals surface area contributed by atoms with Crippen LogP contribution >= 0.6 is 0 Å². The van der Waals surface area contributed by atoms with Crippen molar-refractivity contribution in [3.8, 4) is 5.75 Å².